The fraction of sp³-hybridized carbons (Fsp3) is 0.250. The van der Waals surface area contributed by atoms with Crippen LogP contribution >= 0.6 is 0 Å². The van der Waals surface area contributed by atoms with Crippen molar-refractivity contribution >= 4 is 0 Å². The molecule has 5 heteroatoms. The Morgan fingerprint density at radius 3 is 1.92 bits per heavy atom. The van der Waals surface area contributed by atoms with Gasteiger partial charge in [-0.05, 0) is 6.92 Å². The van der Waals surface area contributed by atoms with Gasteiger partial charge in [0.1, 0.15) is 6.07 Å². The van der Waals surface area contributed by atoms with E-state index in [1.165, 1.54) is 12.1 Å². The molecule has 0 bridgehead atoms. The zero-order valence-corrected chi connectivity index (χ0v) is 6.74. The topological polar surface area (TPSA) is 47.6 Å². The van der Waals surface area contributed by atoms with Crippen molar-refractivity contribution in [3.8, 4) is 12.1 Å². The second-order valence-corrected chi connectivity index (χ2v) is 2.20. The van der Waals surface area contributed by atoms with Gasteiger partial charge in [-0.1, -0.05) is 6.58 Å². The van der Waals surface area contributed by atoms with Gasteiger partial charge in [0.2, 0.25) is 0 Å². The van der Waals surface area contributed by atoms with Crippen molar-refractivity contribution in [2.45, 2.75) is 13.1 Å². The van der Waals surface area contributed by atoms with Crippen LogP contribution in [0.3, 0.4) is 0 Å². The highest BCUT2D eigenvalue weighted by molar-refractivity contribution is 5.49. The van der Waals surface area contributed by atoms with E-state index in [0.29, 0.717) is 0 Å². The van der Waals surface area contributed by atoms with E-state index in [9.17, 15) is 13.2 Å². The predicted octanol–water partition coefficient (Wildman–Crippen LogP) is 2.47. The summed E-state index contributed by atoms with van der Waals surface area (Å²) >= 11 is 0. The molecule has 0 aromatic carbocycles. The molecule has 0 amide bonds. The lowest BCUT2D eigenvalue weighted by Gasteiger charge is -2.08. The van der Waals surface area contributed by atoms with Crippen LogP contribution in [0.5, 0.6) is 0 Å². The van der Waals surface area contributed by atoms with Gasteiger partial charge in [0.05, 0.1) is 17.2 Å². The molecule has 13 heavy (non-hydrogen) atoms. The third kappa shape index (κ3) is 2.64. The minimum Gasteiger partial charge on any atom is -0.193 e. The first-order valence-electron chi connectivity index (χ1n) is 3.12. The van der Waals surface area contributed by atoms with Crippen molar-refractivity contribution < 1.29 is 13.2 Å². The van der Waals surface area contributed by atoms with Gasteiger partial charge in [0.25, 0.3) is 0 Å². The van der Waals surface area contributed by atoms with Crippen molar-refractivity contribution in [2.75, 3.05) is 0 Å². The van der Waals surface area contributed by atoms with Crippen LogP contribution in [0, 0.1) is 22.7 Å². The van der Waals surface area contributed by atoms with E-state index in [4.69, 9.17) is 10.5 Å². The van der Waals surface area contributed by atoms with Gasteiger partial charge in [-0.3, -0.25) is 0 Å². The van der Waals surface area contributed by atoms with Crippen molar-refractivity contribution in [1.29, 1.82) is 10.5 Å². The molecule has 2 nitrogen and oxygen atoms in total. The lowest BCUT2D eigenvalue weighted by molar-refractivity contribution is -0.0886. The Bertz CT molecular complexity index is 336. The molecule has 0 aromatic heterocycles. The fourth-order valence-electron chi connectivity index (χ4n) is 0.575. The minimum atomic E-state index is -4.66. The highest BCUT2D eigenvalue weighted by atomic mass is 19.4. The number of nitrogens with zero attached hydrogens (tertiary/aromatic N) is 2. The smallest absolute Gasteiger partial charge is 0.193 e. The summed E-state index contributed by atoms with van der Waals surface area (Å²) in [6, 6.07) is 2.76. The summed E-state index contributed by atoms with van der Waals surface area (Å²) in [6.07, 6.45) is -4.66. The summed E-state index contributed by atoms with van der Waals surface area (Å²) in [4.78, 5) is 0. The number of nitriles is 2. The van der Waals surface area contributed by atoms with Gasteiger partial charge in [0.15, 0.2) is 0 Å². The maximum Gasteiger partial charge on any atom is 0.417 e. The quantitative estimate of drug-likeness (QED) is 0.466. The summed E-state index contributed by atoms with van der Waals surface area (Å²) in [5, 5.41) is 16.6. The van der Waals surface area contributed by atoms with Crippen molar-refractivity contribution in [2.24, 2.45) is 0 Å². The maximum atomic E-state index is 12.0. The van der Waals surface area contributed by atoms with Crippen molar-refractivity contribution in [3.63, 3.8) is 0 Å². The second-order valence-electron chi connectivity index (χ2n) is 2.20. The van der Waals surface area contributed by atoms with Crippen LogP contribution in [-0.4, -0.2) is 6.18 Å². The van der Waals surface area contributed by atoms with E-state index in [0.717, 1.165) is 6.92 Å². The first-order valence-corrected chi connectivity index (χ1v) is 3.12. The summed E-state index contributed by atoms with van der Waals surface area (Å²) in [6.45, 7) is 3.84. The molecule has 0 radical (unpaired) electrons. The van der Waals surface area contributed by atoms with Crippen LogP contribution in [0.15, 0.2) is 23.3 Å². The van der Waals surface area contributed by atoms with Crippen LogP contribution < -0.4 is 0 Å². The Morgan fingerprint density at radius 2 is 1.69 bits per heavy atom. The molecule has 0 rings (SSSR count). The van der Waals surface area contributed by atoms with Gasteiger partial charge in [0, 0.05) is 5.57 Å². The molecule has 0 aliphatic rings. The monoisotopic (exact) mass is 186 g/mol. The summed E-state index contributed by atoms with van der Waals surface area (Å²) < 4.78 is 36.0. The summed E-state index contributed by atoms with van der Waals surface area (Å²) in [5.41, 5.74) is -2.28. The van der Waals surface area contributed by atoms with Crippen LogP contribution in [0.2, 0.25) is 0 Å². The number of hydrogen-bond acceptors (Lipinski definition) is 2. The molecule has 0 saturated carbocycles. The Balaban J connectivity index is 5.23. The van der Waals surface area contributed by atoms with Gasteiger partial charge in [-0.2, -0.15) is 23.7 Å². The lowest BCUT2D eigenvalue weighted by Crippen LogP contribution is -2.12. The molecular weight excluding hydrogens is 181 g/mol. The zero-order valence-electron chi connectivity index (χ0n) is 6.74. The van der Waals surface area contributed by atoms with E-state index in [1.807, 2.05) is 0 Å². The SMILES string of the molecule is C=C(/C(C#N)=C(/C)C#N)C(F)(F)F. The molecule has 68 valence electrons. The van der Waals surface area contributed by atoms with Crippen molar-refractivity contribution in [1.82, 2.24) is 0 Å². The first-order chi connectivity index (χ1) is 5.84. The zero-order chi connectivity index (χ0) is 10.6. The number of alkyl halides is 3. The molecular formula is C8H5F3N2. The highest BCUT2D eigenvalue weighted by Crippen LogP contribution is 2.30. The molecule has 0 saturated heterocycles. The Kier molecular flexibility index (Phi) is 3.26. The normalized spacial score (nSPS) is 12.5. The third-order valence-electron chi connectivity index (χ3n) is 1.30. The average molecular weight is 186 g/mol. The Morgan fingerprint density at radius 1 is 1.23 bits per heavy atom. The van der Waals surface area contributed by atoms with Gasteiger partial charge >= 0.3 is 6.18 Å². The number of halogens is 3. The largest absolute Gasteiger partial charge is 0.417 e. The van der Waals surface area contributed by atoms with Crippen LogP contribution in [0.1, 0.15) is 6.92 Å². The summed E-state index contributed by atoms with van der Waals surface area (Å²) in [7, 11) is 0. The van der Waals surface area contributed by atoms with Crippen LogP contribution in [0.4, 0.5) is 13.2 Å². The number of rotatable bonds is 1. The van der Waals surface area contributed by atoms with E-state index < -0.39 is 17.3 Å². The summed E-state index contributed by atoms with van der Waals surface area (Å²) in [5.74, 6) is 0. The number of allylic oxidation sites excluding steroid dienone is 3. The predicted molar refractivity (Wildman–Crippen MR) is 39.1 cm³/mol. The van der Waals surface area contributed by atoms with Gasteiger partial charge in [-0.25, -0.2) is 0 Å². The molecule has 0 atom stereocenters. The molecule has 0 spiro atoms. The fourth-order valence-corrected chi connectivity index (χ4v) is 0.575. The standard InChI is InChI=1S/C8H5F3N2/c1-5(3-12)7(4-13)6(2)8(9,10)11/h2H2,1H3/b7-5-. The minimum absolute atomic E-state index is 0.287. The second kappa shape index (κ2) is 3.77. The number of hydrogen-bond donors (Lipinski definition) is 0. The molecule has 0 N–H and O–H groups in total. The maximum absolute atomic E-state index is 12.0. The highest BCUT2D eigenvalue weighted by Gasteiger charge is 2.35. The molecule has 0 heterocycles. The van der Waals surface area contributed by atoms with Crippen LogP contribution in [0.25, 0.3) is 0 Å². The molecule has 0 aliphatic carbocycles. The lowest BCUT2D eigenvalue weighted by atomic mass is 10.0. The molecule has 0 fully saturated rings. The molecule has 0 aliphatic heterocycles. The Labute approximate surface area is 73.2 Å². The molecule has 0 aromatic rings. The van der Waals surface area contributed by atoms with Gasteiger partial charge < -0.3 is 0 Å². The first kappa shape index (κ1) is 11.2. The van der Waals surface area contributed by atoms with Crippen molar-refractivity contribution in [3.05, 3.63) is 23.3 Å². The van der Waals surface area contributed by atoms with Crippen LogP contribution in [-0.2, 0) is 0 Å². The van der Waals surface area contributed by atoms with E-state index in [1.54, 1.807) is 0 Å². The van der Waals surface area contributed by atoms with E-state index in [2.05, 4.69) is 6.58 Å². The van der Waals surface area contributed by atoms with E-state index >= 15 is 0 Å². The van der Waals surface area contributed by atoms with E-state index in [-0.39, 0.29) is 5.57 Å². The third-order valence-corrected chi connectivity index (χ3v) is 1.30. The average Bonchev–Trinajstić information content (AvgIpc) is 2.03. The Hall–Kier alpha value is -1.75. The van der Waals surface area contributed by atoms with Gasteiger partial charge in [-0.15, -0.1) is 0 Å². The molecule has 0 unspecified atom stereocenters.